The number of thioether (sulfide) groups is 1. The van der Waals surface area contributed by atoms with Crippen LogP contribution in [0.4, 0.5) is 0 Å². The van der Waals surface area contributed by atoms with Gasteiger partial charge in [-0.1, -0.05) is 50.4 Å². The van der Waals surface area contributed by atoms with Gasteiger partial charge in [-0.2, -0.15) is 0 Å². The van der Waals surface area contributed by atoms with E-state index < -0.39 is 0 Å². The molecule has 0 fully saturated rings. The van der Waals surface area contributed by atoms with Crippen molar-refractivity contribution in [1.29, 1.82) is 0 Å². The summed E-state index contributed by atoms with van der Waals surface area (Å²) in [4.78, 5) is 13.8. The Balaban J connectivity index is 1.82. The second-order valence-corrected chi connectivity index (χ2v) is 8.22. The smallest absolute Gasteiger partial charge is 0.170 e. The molecule has 1 aliphatic carbocycles. The van der Waals surface area contributed by atoms with E-state index in [0.717, 1.165) is 29.9 Å². The predicted octanol–water partition coefficient (Wildman–Crippen LogP) is 6.17. The average molecular weight is 365 g/mol. The molecule has 0 amide bonds. The summed E-state index contributed by atoms with van der Waals surface area (Å²) in [6.07, 6.45) is 9.67. The molecule has 1 aromatic rings. The zero-order chi connectivity index (χ0) is 17.1. The third-order valence-corrected chi connectivity index (χ3v) is 6.93. The highest BCUT2D eigenvalue weighted by Gasteiger charge is 2.38. The van der Waals surface area contributed by atoms with Crippen LogP contribution in [-0.4, -0.2) is 17.6 Å². The van der Waals surface area contributed by atoms with E-state index in [1.165, 1.54) is 12.8 Å². The van der Waals surface area contributed by atoms with E-state index in [-0.39, 0.29) is 17.0 Å². The molecular formula is C20H25ClO2S. The van der Waals surface area contributed by atoms with E-state index >= 15 is 0 Å². The van der Waals surface area contributed by atoms with Crippen LogP contribution in [0.5, 0.6) is 5.75 Å². The van der Waals surface area contributed by atoms with E-state index in [1.54, 1.807) is 11.8 Å². The van der Waals surface area contributed by atoms with Gasteiger partial charge in [-0.25, -0.2) is 0 Å². The Hall–Kier alpha value is -0.930. The second kappa shape index (κ2) is 7.97. The number of ketones is 1. The zero-order valence-electron chi connectivity index (χ0n) is 14.4. The summed E-state index contributed by atoms with van der Waals surface area (Å²) >= 11 is 8.10. The quantitative estimate of drug-likeness (QED) is 0.564. The summed E-state index contributed by atoms with van der Waals surface area (Å²) in [5, 5.41) is 0.779. The molecule has 0 bridgehead atoms. The van der Waals surface area contributed by atoms with Gasteiger partial charge in [0.15, 0.2) is 5.78 Å². The number of fused-ring (bicyclic) bond motifs is 2. The van der Waals surface area contributed by atoms with Crippen LogP contribution in [0.25, 0.3) is 0 Å². The van der Waals surface area contributed by atoms with Crippen molar-refractivity contribution in [3.05, 3.63) is 34.9 Å². The van der Waals surface area contributed by atoms with Crippen molar-refractivity contribution in [2.24, 2.45) is 11.8 Å². The first-order valence-electron chi connectivity index (χ1n) is 8.98. The molecule has 1 aliphatic heterocycles. The number of halogens is 1. The number of hydrogen-bond acceptors (Lipinski definition) is 3. The lowest BCUT2D eigenvalue weighted by Gasteiger charge is -2.33. The van der Waals surface area contributed by atoms with Gasteiger partial charge in [-0.05, 0) is 37.3 Å². The molecule has 2 atom stereocenters. The molecule has 0 spiro atoms. The summed E-state index contributed by atoms with van der Waals surface area (Å²) in [6, 6.07) is 3.73. The van der Waals surface area contributed by atoms with Crippen molar-refractivity contribution >= 4 is 29.1 Å². The number of Topliss-reactive ketones (excluding diaryl/α,β-unsaturated/α-hetero) is 1. The molecule has 1 aromatic carbocycles. The predicted molar refractivity (Wildman–Crippen MR) is 101 cm³/mol. The number of hydrogen-bond donors (Lipinski definition) is 0. The molecule has 0 radical (unpaired) electrons. The first-order valence-corrected chi connectivity index (χ1v) is 10.2. The summed E-state index contributed by atoms with van der Waals surface area (Å²) in [5.74, 6) is 1.77. The molecule has 2 aliphatic rings. The monoisotopic (exact) mass is 364 g/mol. The molecule has 4 heteroatoms. The lowest BCUT2D eigenvalue weighted by Crippen LogP contribution is -2.31. The van der Waals surface area contributed by atoms with E-state index in [4.69, 9.17) is 16.3 Å². The fourth-order valence-electron chi connectivity index (χ4n) is 3.56. The second-order valence-electron chi connectivity index (χ2n) is 6.63. The van der Waals surface area contributed by atoms with Crippen LogP contribution in [0.1, 0.15) is 56.3 Å². The van der Waals surface area contributed by atoms with Gasteiger partial charge in [0.1, 0.15) is 5.75 Å². The van der Waals surface area contributed by atoms with Crippen LogP contribution in [0.15, 0.2) is 29.2 Å². The first kappa shape index (κ1) is 17.9. The number of ether oxygens (including phenoxy) is 1. The molecule has 130 valence electrons. The number of allylic oxidation sites excluding steroid dienone is 1. The SMILES string of the molecule is CCC(CC)CCOc1ccc(Cl)c2c1S[C@H]1C=CCCC1C2=O. The van der Waals surface area contributed by atoms with Crippen molar-refractivity contribution in [3.63, 3.8) is 0 Å². The van der Waals surface area contributed by atoms with Crippen LogP contribution < -0.4 is 4.74 Å². The molecule has 24 heavy (non-hydrogen) atoms. The number of benzene rings is 1. The van der Waals surface area contributed by atoms with Gasteiger partial charge in [0.2, 0.25) is 0 Å². The standard InChI is InChI=1S/C20H25ClO2S/c1-3-13(4-2)11-12-23-16-10-9-15(21)18-19(22)14-7-5-6-8-17(14)24-20(16)18/h6,8-10,13-14,17H,3-5,7,11-12H2,1-2H3/t14?,17-/m0/s1. The zero-order valence-corrected chi connectivity index (χ0v) is 16.0. The lowest BCUT2D eigenvalue weighted by molar-refractivity contribution is 0.0908. The van der Waals surface area contributed by atoms with Crippen molar-refractivity contribution in [1.82, 2.24) is 0 Å². The minimum absolute atomic E-state index is 0.0600. The van der Waals surface area contributed by atoms with Gasteiger partial charge in [0, 0.05) is 11.2 Å². The fraction of sp³-hybridized carbons (Fsp3) is 0.550. The molecule has 3 rings (SSSR count). The third-order valence-electron chi connectivity index (χ3n) is 5.21. The first-order chi connectivity index (χ1) is 11.7. The minimum Gasteiger partial charge on any atom is -0.492 e. The maximum absolute atomic E-state index is 12.9. The summed E-state index contributed by atoms with van der Waals surface area (Å²) in [6.45, 7) is 5.14. The van der Waals surface area contributed by atoms with Crippen molar-refractivity contribution in [2.45, 2.75) is 56.1 Å². The highest BCUT2D eigenvalue weighted by Crippen LogP contribution is 2.48. The summed E-state index contributed by atoms with van der Waals surface area (Å²) < 4.78 is 6.07. The van der Waals surface area contributed by atoms with Crippen molar-refractivity contribution < 1.29 is 9.53 Å². The van der Waals surface area contributed by atoms with Crippen LogP contribution >= 0.6 is 23.4 Å². The summed E-state index contributed by atoms with van der Waals surface area (Å²) in [5.41, 5.74) is 0.679. The van der Waals surface area contributed by atoms with Gasteiger partial charge in [0.25, 0.3) is 0 Å². The largest absolute Gasteiger partial charge is 0.492 e. The van der Waals surface area contributed by atoms with Crippen LogP contribution in [0, 0.1) is 11.8 Å². The van der Waals surface area contributed by atoms with Gasteiger partial charge >= 0.3 is 0 Å². The van der Waals surface area contributed by atoms with E-state index in [9.17, 15) is 4.79 Å². The van der Waals surface area contributed by atoms with Crippen LogP contribution in [0.3, 0.4) is 0 Å². The Morgan fingerprint density at radius 2 is 2.12 bits per heavy atom. The molecule has 0 saturated carbocycles. The molecular weight excluding hydrogens is 340 g/mol. The minimum atomic E-state index is 0.0600. The number of carbonyl (C=O) groups is 1. The van der Waals surface area contributed by atoms with E-state index in [2.05, 4.69) is 26.0 Å². The van der Waals surface area contributed by atoms with Gasteiger partial charge in [-0.15, -0.1) is 11.8 Å². The number of carbonyl (C=O) groups excluding carboxylic acids is 1. The Morgan fingerprint density at radius 3 is 2.88 bits per heavy atom. The van der Waals surface area contributed by atoms with Crippen molar-refractivity contribution in [2.75, 3.05) is 6.61 Å². The highest BCUT2D eigenvalue weighted by molar-refractivity contribution is 8.00. The Labute approximate surface area is 154 Å². The maximum atomic E-state index is 12.9. The van der Waals surface area contributed by atoms with Crippen LogP contribution in [-0.2, 0) is 0 Å². The molecule has 0 N–H and O–H groups in total. The normalized spacial score (nSPS) is 22.4. The van der Waals surface area contributed by atoms with Gasteiger partial charge in [-0.3, -0.25) is 4.79 Å². The maximum Gasteiger partial charge on any atom is 0.170 e. The molecule has 0 saturated heterocycles. The molecule has 1 heterocycles. The van der Waals surface area contributed by atoms with Crippen LogP contribution in [0.2, 0.25) is 5.02 Å². The lowest BCUT2D eigenvalue weighted by atomic mass is 9.86. The number of rotatable bonds is 6. The Kier molecular flexibility index (Phi) is 5.93. The highest BCUT2D eigenvalue weighted by atomic mass is 35.5. The van der Waals surface area contributed by atoms with Gasteiger partial charge < -0.3 is 4.74 Å². The molecule has 1 unspecified atom stereocenters. The topological polar surface area (TPSA) is 26.3 Å². The third kappa shape index (κ3) is 3.52. The Bertz CT molecular complexity index is 637. The van der Waals surface area contributed by atoms with Gasteiger partial charge in [0.05, 0.1) is 22.1 Å². The molecule has 2 nitrogen and oxygen atoms in total. The fourth-order valence-corrected chi connectivity index (χ4v) is 5.32. The Morgan fingerprint density at radius 1 is 1.33 bits per heavy atom. The van der Waals surface area contributed by atoms with E-state index in [1.807, 2.05) is 12.1 Å². The van der Waals surface area contributed by atoms with Crippen molar-refractivity contribution in [3.8, 4) is 5.75 Å². The summed E-state index contributed by atoms with van der Waals surface area (Å²) in [7, 11) is 0. The van der Waals surface area contributed by atoms with E-state index in [0.29, 0.717) is 23.1 Å². The molecule has 0 aromatic heterocycles. The average Bonchev–Trinajstić information content (AvgIpc) is 2.60.